The minimum Gasteiger partial charge on any atom is -0.441 e. The van der Waals surface area contributed by atoms with E-state index < -0.39 is 0 Å². The summed E-state index contributed by atoms with van der Waals surface area (Å²) < 4.78 is 5.73. The van der Waals surface area contributed by atoms with Crippen molar-refractivity contribution in [1.82, 2.24) is 15.2 Å². The van der Waals surface area contributed by atoms with Gasteiger partial charge in [-0.2, -0.15) is 0 Å². The van der Waals surface area contributed by atoms with E-state index in [1.54, 1.807) is 11.1 Å². The molecule has 0 aliphatic heterocycles. The highest BCUT2D eigenvalue weighted by Crippen LogP contribution is 2.20. The first-order chi connectivity index (χ1) is 10.7. The lowest BCUT2D eigenvalue weighted by Gasteiger charge is -2.16. The molecule has 0 atom stereocenters. The van der Waals surface area contributed by atoms with Crippen molar-refractivity contribution >= 4 is 5.91 Å². The smallest absolute Gasteiger partial charge is 0.222 e. The molecule has 22 heavy (non-hydrogen) atoms. The van der Waals surface area contributed by atoms with Crippen LogP contribution in [0.3, 0.4) is 0 Å². The van der Waals surface area contributed by atoms with Crippen molar-refractivity contribution in [3.8, 4) is 11.3 Å². The lowest BCUT2D eigenvalue weighted by molar-refractivity contribution is -0.129. The zero-order valence-corrected chi connectivity index (χ0v) is 13.2. The molecule has 0 unspecified atom stereocenters. The van der Waals surface area contributed by atoms with Crippen LogP contribution in [0.1, 0.15) is 18.7 Å². The second-order valence-electron chi connectivity index (χ2n) is 5.26. The number of oxazole rings is 1. The van der Waals surface area contributed by atoms with Crippen molar-refractivity contribution in [2.24, 2.45) is 0 Å². The first-order valence-corrected chi connectivity index (χ1v) is 7.59. The minimum atomic E-state index is 0.157. The van der Waals surface area contributed by atoms with Crippen molar-refractivity contribution in [2.75, 3.05) is 27.2 Å². The van der Waals surface area contributed by atoms with Gasteiger partial charge in [-0.15, -0.1) is 0 Å². The van der Waals surface area contributed by atoms with Crippen LogP contribution in [0.4, 0.5) is 0 Å². The van der Waals surface area contributed by atoms with Gasteiger partial charge >= 0.3 is 0 Å². The van der Waals surface area contributed by atoms with Crippen LogP contribution in [-0.2, 0) is 11.2 Å². The second-order valence-corrected chi connectivity index (χ2v) is 5.26. The molecule has 0 aliphatic rings. The molecule has 5 heteroatoms. The maximum Gasteiger partial charge on any atom is 0.222 e. The van der Waals surface area contributed by atoms with Crippen LogP contribution in [0.2, 0.25) is 0 Å². The number of hydrogen-bond donors (Lipinski definition) is 1. The lowest BCUT2D eigenvalue weighted by atomic mass is 10.2. The highest BCUT2D eigenvalue weighted by molar-refractivity contribution is 5.75. The SMILES string of the molecule is CNCCN(C)C(=O)CCCc1ncc(-c2ccccc2)o1. The largest absolute Gasteiger partial charge is 0.441 e. The Bertz CT molecular complexity index is 581. The molecule has 1 amide bonds. The summed E-state index contributed by atoms with van der Waals surface area (Å²) in [7, 11) is 3.71. The number of benzene rings is 1. The Balaban J connectivity index is 1.78. The van der Waals surface area contributed by atoms with Gasteiger partial charge < -0.3 is 14.6 Å². The number of carbonyl (C=O) groups is 1. The summed E-state index contributed by atoms with van der Waals surface area (Å²) in [5, 5.41) is 3.03. The van der Waals surface area contributed by atoms with Crippen molar-refractivity contribution in [1.29, 1.82) is 0 Å². The summed E-state index contributed by atoms with van der Waals surface area (Å²) >= 11 is 0. The van der Waals surface area contributed by atoms with E-state index in [1.165, 1.54) is 0 Å². The molecule has 0 fully saturated rings. The highest BCUT2D eigenvalue weighted by atomic mass is 16.4. The van der Waals surface area contributed by atoms with Gasteiger partial charge in [-0.3, -0.25) is 4.79 Å². The maximum absolute atomic E-state index is 11.9. The molecule has 2 aromatic rings. The highest BCUT2D eigenvalue weighted by Gasteiger charge is 2.10. The molecule has 0 saturated carbocycles. The minimum absolute atomic E-state index is 0.157. The molecule has 0 saturated heterocycles. The van der Waals surface area contributed by atoms with E-state index >= 15 is 0 Å². The third kappa shape index (κ3) is 4.70. The van der Waals surface area contributed by atoms with Crippen LogP contribution in [0, 0.1) is 0 Å². The summed E-state index contributed by atoms with van der Waals surface area (Å²) in [6.07, 6.45) is 3.69. The van der Waals surface area contributed by atoms with Gasteiger partial charge in [0.2, 0.25) is 5.91 Å². The van der Waals surface area contributed by atoms with Gasteiger partial charge in [0.15, 0.2) is 11.7 Å². The van der Waals surface area contributed by atoms with Crippen molar-refractivity contribution in [3.05, 3.63) is 42.4 Å². The number of rotatable bonds is 8. The van der Waals surface area contributed by atoms with Crippen LogP contribution in [0.15, 0.2) is 40.9 Å². The third-order valence-corrected chi connectivity index (χ3v) is 3.52. The van der Waals surface area contributed by atoms with Crippen LogP contribution < -0.4 is 5.32 Å². The third-order valence-electron chi connectivity index (χ3n) is 3.52. The monoisotopic (exact) mass is 301 g/mol. The quantitative estimate of drug-likeness (QED) is 0.813. The standard InChI is InChI=1S/C17H23N3O2/c1-18-11-12-20(2)17(21)10-6-9-16-19-13-15(22-16)14-7-4-3-5-8-14/h3-5,7-8,13,18H,6,9-12H2,1-2H3. The molecule has 1 N–H and O–H groups in total. The summed E-state index contributed by atoms with van der Waals surface area (Å²) in [6, 6.07) is 9.89. The predicted molar refractivity (Wildman–Crippen MR) is 86.4 cm³/mol. The Labute approximate surface area is 131 Å². The molecule has 2 rings (SSSR count). The maximum atomic E-state index is 11.9. The average molecular weight is 301 g/mol. The number of nitrogens with zero attached hydrogens (tertiary/aromatic N) is 2. The van der Waals surface area contributed by atoms with E-state index in [0.717, 1.165) is 30.8 Å². The Hall–Kier alpha value is -2.14. The molecule has 1 aromatic carbocycles. The predicted octanol–water partition coefficient (Wildman–Crippen LogP) is 2.34. The van der Waals surface area contributed by atoms with Gasteiger partial charge in [-0.1, -0.05) is 30.3 Å². The van der Waals surface area contributed by atoms with Crippen molar-refractivity contribution in [2.45, 2.75) is 19.3 Å². The summed E-state index contributed by atoms with van der Waals surface area (Å²) in [5.41, 5.74) is 1.02. The van der Waals surface area contributed by atoms with E-state index in [1.807, 2.05) is 44.4 Å². The summed E-state index contributed by atoms with van der Waals surface area (Å²) in [5.74, 6) is 1.61. The fraction of sp³-hybridized carbons (Fsp3) is 0.412. The first-order valence-electron chi connectivity index (χ1n) is 7.59. The molecule has 0 aliphatic carbocycles. The molecule has 1 heterocycles. The average Bonchev–Trinajstić information content (AvgIpc) is 3.02. The Morgan fingerprint density at radius 1 is 1.32 bits per heavy atom. The Morgan fingerprint density at radius 3 is 2.82 bits per heavy atom. The number of aromatic nitrogens is 1. The topological polar surface area (TPSA) is 58.4 Å². The molecule has 5 nitrogen and oxygen atoms in total. The molecular weight excluding hydrogens is 278 g/mol. The molecular formula is C17H23N3O2. The molecule has 0 bridgehead atoms. The number of amides is 1. The first kappa shape index (κ1) is 16.2. The van der Waals surface area contributed by atoms with Crippen LogP contribution in [0.5, 0.6) is 0 Å². The zero-order chi connectivity index (χ0) is 15.8. The zero-order valence-electron chi connectivity index (χ0n) is 13.2. The fourth-order valence-electron chi connectivity index (χ4n) is 2.15. The number of nitrogens with one attached hydrogen (secondary N) is 1. The van der Waals surface area contributed by atoms with Gasteiger partial charge in [0.25, 0.3) is 0 Å². The van der Waals surface area contributed by atoms with Gasteiger partial charge in [-0.25, -0.2) is 4.98 Å². The van der Waals surface area contributed by atoms with Gasteiger partial charge in [-0.05, 0) is 13.5 Å². The number of carbonyl (C=O) groups excluding carboxylic acids is 1. The van der Waals surface area contributed by atoms with Crippen LogP contribution >= 0.6 is 0 Å². The number of likely N-dealkylation sites (N-methyl/N-ethyl adjacent to an activating group) is 2. The van der Waals surface area contributed by atoms with Crippen LogP contribution in [0.25, 0.3) is 11.3 Å². The summed E-state index contributed by atoms with van der Waals surface area (Å²) in [4.78, 5) is 17.9. The van der Waals surface area contributed by atoms with Crippen LogP contribution in [-0.4, -0.2) is 43.0 Å². The fourth-order valence-corrected chi connectivity index (χ4v) is 2.15. The molecule has 0 radical (unpaired) electrons. The second kappa shape index (κ2) is 8.34. The van der Waals surface area contributed by atoms with Gasteiger partial charge in [0, 0.05) is 38.5 Å². The van der Waals surface area contributed by atoms with Gasteiger partial charge in [0.05, 0.1) is 6.20 Å². The van der Waals surface area contributed by atoms with E-state index in [2.05, 4.69) is 10.3 Å². The van der Waals surface area contributed by atoms with Gasteiger partial charge in [0.1, 0.15) is 0 Å². The van der Waals surface area contributed by atoms with E-state index in [9.17, 15) is 4.79 Å². The van der Waals surface area contributed by atoms with E-state index in [0.29, 0.717) is 18.7 Å². The van der Waals surface area contributed by atoms with E-state index in [4.69, 9.17) is 4.42 Å². The van der Waals surface area contributed by atoms with Crippen molar-refractivity contribution in [3.63, 3.8) is 0 Å². The Kier molecular flexibility index (Phi) is 6.15. The molecule has 0 spiro atoms. The number of hydrogen-bond acceptors (Lipinski definition) is 4. The lowest BCUT2D eigenvalue weighted by Crippen LogP contribution is -2.32. The normalized spacial score (nSPS) is 10.6. The molecule has 118 valence electrons. The van der Waals surface area contributed by atoms with E-state index in [-0.39, 0.29) is 5.91 Å². The Morgan fingerprint density at radius 2 is 2.09 bits per heavy atom. The number of aryl methyl sites for hydroxylation is 1. The van der Waals surface area contributed by atoms with Crippen molar-refractivity contribution < 1.29 is 9.21 Å². The summed E-state index contributed by atoms with van der Waals surface area (Å²) in [6.45, 7) is 1.54. The molecule has 1 aromatic heterocycles.